The zero-order valence-corrected chi connectivity index (χ0v) is 10.2. The van der Waals surface area contributed by atoms with Crippen molar-refractivity contribution in [2.75, 3.05) is 26.2 Å². The smallest absolute Gasteiger partial charge is 0.237 e. The van der Waals surface area contributed by atoms with E-state index in [0.29, 0.717) is 6.04 Å². The lowest BCUT2D eigenvalue weighted by atomic mass is 10.2. The van der Waals surface area contributed by atoms with E-state index in [0.717, 1.165) is 25.9 Å². The third kappa shape index (κ3) is 2.95. The topological polar surface area (TPSA) is 44.4 Å². The van der Waals surface area contributed by atoms with Crippen molar-refractivity contribution in [3.8, 4) is 0 Å². The zero-order chi connectivity index (χ0) is 11.4. The van der Waals surface area contributed by atoms with Gasteiger partial charge in [0.2, 0.25) is 5.91 Å². The van der Waals surface area contributed by atoms with Gasteiger partial charge in [-0.2, -0.15) is 0 Å². The van der Waals surface area contributed by atoms with Crippen molar-refractivity contribution in [3.05, 3.63) is 0 Å². The summed E-state index contributed by atoms with van der Waals surface area (Å²) < 4.78 is 0. The number of rotatable bonds is 4. The Morgan fingerprint density at radius 1 is 1.44 bits per heavy atom. The van der Waals surface area contributed by atoms with Gasteiger partial charge in [-0.25, -0.2) is 0 Å². The second-order valence-corrected chi connectivity index (χ2v) is 4.99. The molecule has 4 heteroatoms. The molecule has 16 heavy (non-hydrogen) atoms. The molecular weight excluding hydrogens is 202 g/mol. The van der Waals surface area contributed by atoms with Crippen LogP contribution in [-0.2, 0) is 4.79 Å². The van der Waals surface area contributed by atoms with Gasteiger partial charge in [-0.15, -0.1) is 0 Å². The van der Waals surface area contributed by atoms with Crippen LogP contribution in [0.3, 0.4) is 0 Å². The van der Waals surface area contributed by atoms with E-state index in [9.17, 15) is 4.79 Å². The summed E-state index contributed by atoms with van der Waals surface area (Å²) in [5, 5.41) is 6.28. The van der Waals surface area contributed by atoms with Gasteiger partial charge in [0.25, 0.3) is 0 Å². The Balaban J connectivity index is 1.67. The Morgan fingerprint density at radius 3 is 2.81 bits per heavy atom. The first-order valence-corrected chi connectivity index (χ1v) is 6.52. The maximum atomic E-state index is 11.8. The highest BCUT2D eigenvalue weighted by Crippen LogP contribution is 2.11. The van der Waals surface area contributed by atoms with E-state index < -0.39 is 0 Å². The molecular formula is C12H23N3O. The minimum Gasteiger partial charge on any atom is -0.353 e. The zero-order valence-electron chi connectivity index (χ0n) is 10.2. The molecule has 1 amide bonds. The Labute approximate surface area is 97.8 Å². The lowest BCUT2D eigenvalue weighted by Crippen LogP contribution is -2.46. The number of hydrogen-bond acceptors (Lipinski definition) is 3. The summed E-state index contributed by atoms with van der Waals surface area (Å²) in [6, 6.07) is 0.540. The summed E-state index contributed by atoms with van der Waals surface area (Å²) in [6.45, 7) is 6.36. The van der Waals surface area contributed by atoms with Crippen LogP contribution in [-0.4, -0.2) is 49.1 Å². The van der Waals surface area contributed by atoms with Gasteiger partial charge in [0, 0.05) is 12.6 Å². The molecule has 0 radical (unpaired) electrons. The standard InChI is InChI=1S/C12H23N3O/c1-10(15-7-2-3-8-15)9-14-12(16)11-5-4-6-13-11/h10-11,13H,2-9H2,1H3,(H,14,16). The Bertz CT molecular complexity index is 232. The third-order valence-electron chi connectivity index (χ3n) is 3.71. The third-order valence-corrected chi connectivity index (χ3v) is 3.71. The van der Waals surface area contributed by atoms with Crippen molar-refractivity contribution in [2.45, 2.75) is 44.7 Å². The highest BCUT2D eigenvalue weighted by atomic mass is 16.2. The van der Waals surface area contributed by atoms with Crippen molar-refractivity contribution in [3.63, 3.8) is 0 Å². The number of nitrogens with zero attached hydrogens (tertiary/aromatic N) is 1. The molecule has 2 fully saturated rings. The first kappa shape index (κ1) is 11.9. The molecule has 2 atom stereocenters. The summed E-state index contributed by atoms with van der Waals surface area (Å²) in [7, 11) is 0. The second-order valence-electron chi connectivity index (χ2n) is 4.99. The maximum Gasteiger partial charge on any atom is 0.237 e. The van der Waals surface area contributed by atoms with Gasteiger partial charge in [-0.3, -0.25) is 9.69 Å². The van der Waals surface area contributed by atoms with Crippen LogP contribution < -0.4 is 10.6 Å². The predicted molar refractivity (Wildman–Crippen MR) is 64.3 cm³/mol. The molecule has 92 valence electrons. The molecule has 2 rings (SSSR count). The number of amides is 1. The van der Waals surface area contributed by atoms with Gasteiger partial charge < -0.3 is 10.6 Å². The van der Waals surface area contributed by atoms with Crippen molar-refractivity contribution in [1.82, 2.24) is 15.5 Å². The van der Waals surface area contributed by atoms with Gasteiger partial charge in [-0.05, 0) is 52.2 Å². The summed E-state index contributed by atoms with van der Waals surface area (Å²) in [4.78, 5) is 14.2. The second kappa shape index (κ2) is 5.64. The van der Waals surface area contributed by atoms with Gasteiger partial charge in [-0.1, -0.05) is 0 Å². The lowest BCUT2D eigenvalue weighted by molar-refractivity contribution is -0.123. The average molecular weight is 225 g/mol. The van der Waals surface area contributed by atoms with Crippen LogP contribution in [0.4, 0.5) is 0 Å². The molecule has 0 spiro atoms. The van der Waals surface area contributed by atoms with E-state index in [1.807, 2.05) is 0 Å². The van der Waals surface area contributed by atoms with E-state index in [1.165, 1.54) is 25.9 Å². The summed E-state index contributed by atoms with van der Waals surface area (Å²) in [5.74, 6) is 0.184. The number of nitrogens with one attached hydrogen (secondary N) is 2. The highest BCUT2D eigenvalue weighted by Gasteiger charge is 2.23. The molecule has 0 saturated carbocycles. The molecule has 2 aliphatic rings. The first-order chi connectivity index (χ1) is 7.77. The largest absolute Gasteiger partial charge is 0.353 e. The van der Waals surface area contributed by atoms with Gasteiger partial charge in [0.15, 0.2) is 0 Å². The molecule has 4 nitrogen and oxygen atoms in total. The molecule has 0 aromatic heterocycles. The highest BCUT2D eigenvalue weighted by molar-refractivity contribution is 5.82. The van der Waals surface area contributed by atoms with Gasteiger partial charge in [0.1, 0.15) is 0 Å². The Morgan fingerprint density at radius 2 is 2.19 bits per heavy atom. The van der Waals surface area contributed by atoms with E-state index in [-0.39, 0.29) is 11.9 Å². The molecule has 0 aromatic rings. The molecule has 2 saturated heterocycles. The van der Waals surface area contributed by atoms with Gasteiger partial charge >= 0.3 is 0 Å². The molecule has 0 aromatic carbocycles. The number of hydrogen-bond donors (Lipinski definition) is 2. The Kier molecular flexibility index (Phi) is 4.18. The number of carbonyl (C=O) groups excluding carboxylic acids is 1. The van der Waals surface area contributed by atoms with E-state index >= 15 is 0 Å². The van der Waals surface area contributed by atoms with Crippen LogP contribution >= 0.6 is 0 Å². The Hall–Kier alpha value is -0.610. The summed E-state index contributed by atoms with van der Waals surface area (Å²) in [5.41, 5.74) is 0. The number of carbonyl (C=O) groups is 1. The van der Waals surface area contributed by atoms with Crippen LogP contribution in [0, 0.1) is 0 Å². The molecule has 2 aliphatic heterocycles. The van der Waals surface area contributed by atoms with Crippen LogP contribution in [0.15, 0.2) is 0 Å². The van der Waals surface area contributed by atoms with Crippen LogP contribution in [0.2, 0.25) is 0 Å². The summed E-state index contributed by atoms with van der Waals surface area (Å²) in [6.07, 6.45) is 4.73. The van der Waals surface area contributed by atoms with Crippen LogP contribution in [0.1, 0.15) is 32.6 Å². The minimum atomic E-state index is 0.0609. The summed E-state index contributed by atoms with van der Waals surface area (Å²) >= 11 is 0. The fraction of sp³-hybridized carbons (Fsp3) is 0.917. The normalized spacial score (nSPS) is 28.2. The predicted octanol–water partition coefficient (Wildman–Crippen LogP) is 0.339. The monoisotopic (exact) mass is 225 g/mol. The quantitative estimate of drug-likeness (QED) is 0.725. The fourth-order valence-electron chi connectivity index (χ4n) is 2.59. The molecule has 2 heterocycles. The van der Waals surface area contributed by atoms with Crippen molar-refractivity contribution in [1.29, 1.82) is 0 Å². The maximum absolute atomic E-state index is 11.8. The molecule has 0 aliphatic carbocycles. The van der Waals surface area contributed by atoms with E-state index in [1.54, 1.807) is 0 Å². The van der Waals surface area contributed by atoms with Crippen molar-refractivity contribution >= 4 is 5.91 Å². The van der Waals surface area contributed by atoms with Crippen molar-refractivity contribution < 1.29 is 4.79 Å². The molecule has 0 bridgehead atoms. The molecule has 2 unspecified atom stereocenters. The van der Waals surface area contributed by atoms with Crippen molar-refractivity contribution in [2.24, 2.45) is 0 Å². The van der Waals surface area contributed by atoms with Crippen LogP contribution in [0.5, 0.6) is 0 Å². The number of likely N-dealkylation sites (tertiary alicyclic amines) is 1. The van der Waals surface area contributed by atoms with E-state index in [2.05, 4.69) is 22.5 Å². The average Bonchev–Trinajstić information content (AvgIpc) is 2.95. The fourth-order valence-corrected chi connectivity index (χ4v) is 2.59. The van der Waals surface area contributed by atoms with E-state index in [4.69, 9.17) is 0 Å². The van der Waals surface area contributed by atoms with Crippen LogP contribution in [0.25, 0.3) is 0 Å². The first-order valence-electron chi connectivity index (χ1n) is 6.52. The molecule has 2 N–H and O–H groups in total. The lowest BCUT2D eigenvalue weighted by Gasteiger charge is -2.24. The minimum absolute atomic E-state index is 0.0609. The SMILES string of the molecule is CC(CNC(=O)C1CCCN1)N1CCCC1. The van der Waals surface area contributed by atoms with Gasteiger partial charge in [0.05, 0.1) is 6.04 Å².